The summed E-state index contributed by atoms with van der Waals surface area (Å²) in [6.07, 6.45) is 3.31. The molecule has 1 aliphatic heterocycles. The first-order valence-corrected chi connectivity index (χ1v) is 9.17. The summed E-state index contributed by atoms with van der Waals surface area (Å²) in [4.78, 5) is 22.5. The van der Waals surface area contributed by atoms with Crippen molar-refractivity contribution in [2.45, 2.75) is 10.9 Å². The highest BCUT2D eigenvalue weighted by Gasteiger charge is 2.31. The molecule has 25 heavy (non-hydrogen) atoms. The molecule has 1 fully saturated rings. The first-order chi connectivity index (χ1) is 11.9. The minimum absolute atomic E-state index is 0.111. The van der Waals surface area contributed by atoms with E-state index in [2.05, 4.69) is 15.3 Å². The molecule has 0 aliphatic carbocycles. The van der Waals surface area contributed by atoms with E-state index in [-0.39, 0.29) is 16.8 Å². The van der Waals surface area contributed by atoms with E-state index in [9.17, 15) is 13.2 Å². The molecule has 1 aliphatic rings. The normalized spacial score (nSPS) is 15.1. The SMILES string of the molecule is CN(C)S(=O)(=O)c1ccc(C(=O)N2CC(Nc3ncccn3)C2)cc1. The average Bonchev–Trinajstić information content (AvgIpc) is 2.58. The van der Waals surface area contributed by atoms with Crippen LogP contribution in [-0.4, -0.2) is 66.7 Å². The molecule has 1 saturated heterocycles. The quantitative estimate of drug-likeness (QED) is 0.841. The van der Waals surface area contributed by atoms with Crippen LogP contribution in [0.4, 0.5) is 5.95 Å². The molecule has 2 heterocycles. The van der Waals surface area contributed by atoms with Crippen LogP contribution in [-0.2, 0) is 10.0 Å². The molecule has 1 amide bonds. The molecule has 0 atom stereocenters. The molecule has 1 N–H and O–H groups in total. The van der Waals surface area contributed by atoms with Gasteiger partial charge in [-0.2, -0.15) is 0 Å². The number of hydrogen-bond donors (Lipinski definition) is 1. The third kappa shape index (κ3) is 3.62. The Labute approximate surface area is 146 Å². The Morgan fingerprint density at radius 3 is 2.32 bits per heavy atom. The third-order valence-electron chi connectivity index (χ3n) is 3.95. The van der Waals surface area contributed by atoms with Crippen LogP contribution in [0.3, 0.4) is 0 Å². The van der Waals surface area contributed by atoms with E-state index in [1.54, 1.807) is 35.5 Å². The summed E-state index contributed by atoms with van der Waals surface area (Å²) in [5.41, 5.74) is 0.465. The standard InChI is InChI=1S/C16H19N5O3S/c1-20(2)25(23,24)14-6-4-12(5-7-14)15(22)21-10-13(11-21)19-16-17-8-3-9-18-16/h3-9,13H,10-11H2,1-2H3,(H,17,18,19). The van der Waals surface area contributed by atoms with Crippen LogP contribution < -0.4 is 5.32 Å². The highest BCUT2D eigenvalue weighted by Crippen LogP contribution is 2.18. The van der Waals surface area contributed by atoms with Gasteiger partial charge in [0.15, 0.2) is 0 Å². The summed E-state index contributed by atoms with van der Waals surface area (Å²) >= 11 is 0. The van der Waals surface area contributed by atoms with Gasteiger partial charge in [-0.1, -0.05) is 0 Å². The molecule has 3 rings (SSSR count). The van der Waals surface area contributed by atoms with Crippen molar-refractivity contribution in [3.63, 3.8) is 0 Å². The lowest BCUT2D eigenvalue weighted by molar-refractivity contribution is 0.0624. The molecule has 0 saturated carbocycles. The van der Waals surface area contributed by atoms with E-state index >= 15 is 0 Å². The number of hydrogen-bond acceptors (Lipinski definition) is 6. The molecular weight excluding hydrogens is 342 g/mol. The van der Waals surface area contributed by atoms with Gasteiger partial charge in [0.1, 0.15) is 0 Å². The number of rotatable bonds is 5. The number of amides is 1. The number of likely N-dealkylation sites (tertiary alicyclic amines) is 1. The third-order valence-corrected chi connectivity index (χ3v) is 5.78. The van der Waals surface area contributed by atoms with Gasteiger partial charge in [-0.3, -0.25) is 4.79 Å². The molecule has 2 aromatic rings. The van der Waals surface area contributed by atoms with E-state index in [4.69, 9.17) is 0 Å². The van der Waals surface area contributed by atoms with Crippen molar-refractivity contribution in [1.82, 2.24) is 19.2 Å². The Morgan fingerprint density at radius 2 is 1.76 bits per heavy atom. The van der Waals surface area contributed by atoms with E-state index in [1.807, 2.05) is 0 Å². The van der Waals surface area contributed by atoms with Crippen LogP contribution in [0.2, 0.25) is 0 Å². The van der Waals surface area contributed by atoms with Gasteiger partial charge in [0.2, 0.25) is 16.0 Å². The van der Waals surface area contributed by atoms with E-state index in [0.29, 0.717) is 24.6 Å². The van der Waals surface area contributed by atoms with Gasteiger partial charge in [0.05, 0.1) is 10.9 Å². The predicted molar refractivity (Wildman–Crippen MR) is 92.7 cm³/mol. The number of aromatic nitrogens is 2. The summed E-state index contributed by atoms with van der Waals surface area (Å²) in [7, 11) is -0.549. The number of benzene rings is 1. The molecule has 0 radical (unpaired) electrons. The first kappa shape index (κ1) is 17.3. The Morgan fingerprint density at radius 1 is 1.16 bits per heavy atom. The second-order valence-electron chi connectivity index (χ2n) is 5.94. The highest BCUT2D eigenvalue weighted by atomic mass is 32.2. The largest absolute Gasteiger partial charge is 0.348 e. The fourth-order valence-corrected chi connectivity index (χ4v) is 3.36. The molecule has 9 heteroatoms. The van der Waals surface area contributed by atoms with Gasteiger partial charge in [0, 0.05) is 45.1 Å². The van der Waals surface area contributed by atoms with Crippen LogP contribution >= 0.6 is 0 Å². The second-order valence-corrected chi connectivity index (χ2v) is 8.09. The van der Waals surface area contributed by atoms with Crippen LogP contribution in [0.5, 0.6) is 0 Å². The smallest absolute Gasteiger partial charge is 0.253 e. The van der Waals surface area contributed by atoms with Crippen molar-refractivity contribution in [2.75, 3.05) is 32.5 Å². The van der Waals surface area contributed by atoms with Crippen molar-refractivity contribution >= 4 is 21.9 Å². The molecule has 1 aromatic carbocycles. The van der Waals surface area contributed by atoms with Crippen molar-refractivity contribution in [3.8, 4) is 0 Å². The Balaban J connectivity index is 1.60. The van der Waals surface area contributed by atoms with Gasteiger partial charge in [-0.25, -0.2) is 22.7 Å². The lowest BCUT2D eigenvalue weighted by atomic mass is 10.1. The van der Waals surface area contributed by atoms with Crippen LogP contribution in [0.1, 0.15) is 10.4 Å². The number of carbonyl (C=O) groups excluding carboxylic acids is 1. The molecule has 0 spiro atoms. The van der Waals surface area contributed by atoms with E-state index in [1.165, 1.54) is 26.2 Å². The monoisotopic (exact) mass is 361 g/mol. The number of nitrogens with one attached hydrogen (secondary N) is 1. The van der Waals surface area contributed by atoms with Crippen LogP contribution in [0.15, 0.2) is 47.6 Å². The summed E-state index contributed by atoms with van der Waals surface area (Å²) in [6.45, 7) is 1.10. The topological polar surface area (TPSA) is 95.5 Å². The minimum atomic E-state index is -3.49. The van der Waals surface area contributed by atoms with Crippen molar-refractivity contribution in [2.24, 2.45) is 0 Å². The fraction of sp³-hybridized carbons (Fsp3) is 0.312. The first-order valence-electron chi connectivity index (χ1n) is 7.73. The zero-order valence-electron chi connectivity index (χ0n) is 14.0. The molecule has 0 bridgehead atoms. The molecular formula is C16H19N5O3S. The van der Waals surface area contributed by atoms with Gasteiger partial charge in [-0.05, 0) is 30.3 Å². The van der Waals surface area contributed by atoms with Gasteiger partial charge < -0.3 is 10.2 Å². The number of nitrogens with zero attached hydrogens (tertiary/aromatic N) is 4. The van der Waals surface area contributed by atoms with E-state index < -0.39 is 10.0 Å². The second kappa shape index (κ2) is 6.77. The summed E-state index contributed by atoms with van der Waals surface area (Å²) in [6, 6.07) is 7.84. The zero-order valence-corrected chi connectivity index (χ0v) is 14.8. The van der Waals surface area contributed by atoms with Crippen molar-refractivity contribution in [3.05, 3.63) is 48.3 Å². The van der Waals surface area contributed by atoms with E-state index in [0.717, 1.165) is 4.31 Å². The van der Waals surface area contributed by atoms with Crippen molar-refractivity contribution < 1.29 is 13.2 Å². The van der Waals surface area contributed by atoms with Gasteiger partial charge in [0.25, 0.3) is 5.91 Å². The molecule has 0 unspecified atom stereocenters. The fourth-order valence-electron chi connectivity index (χ4n) is 2.45. The number of carbonyl (C=O) groups is 1. The molecule has 132 valence electrons. The van der Waals surface area contributed by atoms with Gasteiger partial charge in [-0.15, -0.1) is 0 Å². The number of sulfonamides is 1. The molecule has 1 aromatic heterocycles. The average molecular weight is 361 g/mol. The Bertz CT molecular complexity index is 847. The Kier molecular flexibility index (Phi) is 4.69. The maximum Gasteiger partial charge on any atom is 0.253 e. The van der Waals surface area contributed by atoms with Gasteiger partial charge >= 0.3 is 0 Å². The zero-order chi connectivity index (χ0) is 18.0. The maximum absolute atomic E-state index is 12.4. The highest BCUT2D eigenvalue weighted by molar-refractivity contribution is 7.89. The summed E-state index contributed by atoms with van der Waals surface area (Å²) in [5.74, 6) is 0.415. The lowest BCUT2D eigenvalue weighted by Crippen LogP contribution is -2.57. The van der Waals surface area contributed by atoms with Crippen LogP contribution in [0, 0.1) is 0 Å². The summed E-state index contributed by atoms with van der Waals surface area (Å²) in [5, 5.41) is 3.16. The minimum Gasteiger partial charge on any atom is -0.348 e. The van der Waals surface area contributed by atoms with Crippen molar-refractivity contribution in [1.29, 1.82) is 0 Å². The number of anilines is 1. The Hall–Kier alpha value is -2.52. The maximum atomic E-state index is 12.4. The molecule has 8 nitrogen and oxygen atoms in total. The summed E-state index contributed by atoms with van der Waals surface area (Å²) < 4.78 is 25.2. The van der Waals surface area contributed by atoms with Crippen LogP contribution in [0.25, 0.3) is 0 Å². The predicted octanol–water partition coefficient (Wildman–Crippen LogP) is 0.663. The lowest BCUT2D eigenvalue weighted by Gasteiger charge is -2.39.